The van der Waals surface area contributed by atoms with E-state index in [1.807, 2.05) is 43.1 Å². The number of nitrogens with zero attached hydrogens (tertiary/aromatic N) is 4. The topological polar surface area (TPSA) is 32.3 Å². The van der Waals surface area contributed by atoms with Gasteiger partial charge in [-0.2, -0.15) is 12.8 Å². The van der Waals surface area contributed by atoms with E-state index in [-0.39, 0.29) is 0 Å². The van der Waals surface area contributed by atoms with Crippen LogP contribution in [0.1, 0.15) is 32.1 Å². The van der Waals surface area contributed by atoms with E-state index in [1.54, 1.807) is 12.4 Å². The first-order valence-electron chi connectivity index (χ1n) is 10.8. The maximum Gasteiger partial charge on any atom is 0.145 e. The minimum atomic E-state index is 0.665. The van der Waals surface area contributed by atoms with Gasteiger partial charge >= 0.3 is 27.5 Å². The molecule has 6 heteroatoms. The predicted octanol–water partition coefficient (Wildman–Crippen LogP) is 7.28. The molecule has 166 valence electrons. The summed E-state index contributed by atoms with van der Waals surface area (Å²) in [7, 11) is 4.64. The van der Waals surface area contributed by atoms with Gasteiger partial charge in [-0.15, -0.1) is 6.67 Å². The van der Waals surface area contributed by atoms with Gasteiger partial charge in [-0.25, -0.2) is 9.97 Å². The molecule has 1 unspecified atom stereocenters. The van der Waals surface area contributed by atoms with Crippen molar-refractivity contribution in [2.75, 3.05) is 9.80 Å². The van der Waals surface area contributed by atoms with Gasteiger partial charge in [-0.05, 0) is 42.5 Å². The number of fused-ring (bicyclic) bond motifs is 1. The molecule has 32 heavy (non-hydrogen) atoms. The minimum absolute atomic E-state index is 0.665. The molecule has 4 nitrogen and oxygen atoms in total. The zero-order valence-corrected chi connectivity index (χ0v) is 20.9. The van der Waals surface area contributed by atoms with Gasteiger partial charge < -0.3 is 16.2 Å². The zero-order valence-electron chi connectivity index (χ0n) is 17.8. The third-order valence-corrected chi connectivity index (χ3v) is 6.05. The van der Waals surface area contributed by atoms with Crippen LogP contribution in [0.2, 0.25) is 0 Å². The van der Waals surface area contributed by atoms with Crippen molar-refractivity contribution >= 4 is 32.6 Å². The summed E-state index contributed by atoms with van der Waals surface area (Å²) in [5.41, 5.74) is 2.80. The summed E-state index contributed by atoms with van der Waals surface area (Å²) >= 11 is 1.47. The number of rotatable bonds is 2. The Kier molecular flexibility index (Phi) is 7.96. The van der Waals surface area contributed by atoms with Crippen molar-refractivity contribution in [3.63, 3.8) is 0 Å². The first-order chi connectivity index (χ1) is 15.8. The first-order valence-corrected chi connectivity index (χ1v) is 13.8. The van der Waals surface area contributed by atoms with E-state index in [0.717, 1.165) is 23.0 Å². The molecular formula is C26H26ClIrN4. The summed E-state index contributed by atoms with van der Waals surface area (Å²) in [5.74, 6) is 1.68. The van der Waals surface area contributed by atoms with Gasteiger partial charge in [0.1, 0.15) is 11.6 Å². The van der Waals surface area contributed by atoms with Crippen LogP contribution < -0.4 is 9.80 Å². The van der Waals surface area contributed by atoms with Crippen molar-refractivity contribution in [2.24, 2.45) is 5.41 Å². The van der Waals surface area contributed by atoms with Crippen molar-refractivity contribution in [1.82, 2.24) is 9.97 Å². The number of anilines is 4. The number of hydrogen-bond donors (Lipinski definition) is 0. The second-order valence-electron chi connectivity index (χ2n) is 8.08. The maximum atomic E-state index is 4.64. The van der Waals surface area contributed by atoms with Crippen LogP contribution in [0.5, 0.6) is 0 Å². The Morgan fingerprint density at radius 2 is 1.38 bits per heavy atom. The van der Waals surface area contributed by atoms with Crippen LogP contribution in [0.3, 0.4) is 0 Å². The largest absolute Gasteiger partial charge is 0.456 e. The fourth-order valence-corrected chi connectivity index (χ4v) is 4.32. The molecule has 1 fully saturated rings. The van der Waals surface area contributed by atoms with Crippen molar-refractivity contribution in [3.05, 3.63) is 98.3 Å². The molecule has 1 saturated carbocycles. The van der Waals surface area contributed by atoms with Crippen LogP contribution in [0, 0.1) is 18.5 Å². The fraction of sp³-hybridized carbons (Fsp3) is 0.231. The van der Waals surface area contributed by atoms with Crippen molar-refractivity contribution in [1.29, 1.82) is 0 Å². The average Bonchev–Trinajstić information content (AvgIpc) is 3.26. The van der Waals surface area contributed by atoms with Crippen LogP contribution in [0.4, 0.5) is 23.0 Å². The third-order valence-electron chi connectivity index (χ3n) is 6.05. The Bertz CT molecular complexity index is 942. The van der Waals surface area contributed by atoms with E-state index in [4.69, 9.17) is 0 Å². The van der Waals surface area contributed by atoms with Crippen LogP contribution in [0.25, 0.3) is 0 Å². The summed E-state index contributed by atoms with van der Waals surface area (Å²) in [6.45, 7) is 2.02. The Labute approximate surface area is 205 Å². The number of hydrogen-bond acceptors (Lipinski definition) is 4. The van der Waals surface area contributed by atoms with E-state index in [2.05, 4.69) is 72.2 Å². The molecule has 0 saturated heterocycles. The normalized spacial score (nSPS) is 20.4. The molecule has 6 rings (SSSR count). The van der Waals surface area contributed by atoms with Gasteiger partial charge in [0.15, 0.2) is 0 Å². The van der Waals surface area contributed by atoms with E-state index in [1.165, 1.54) is 50.0 Å². The number of aromatic nitrogens is 2. The molecule has 1 atom stereocenters. The van der Waals surface area contributed by atoms with Crippen molar-refractivity contribution < 1.29 is 17.9 Å². The molecule has 0 bridgehead atoms. The van der Waals surface area contributed by atoms with E-state index in [9.17, 15) is 0 Å². The summed E-state index contributed by atoms with van der Waals surface area (Å²) in [6.07, 6.45) is 17.5. The van der Waals surface area contributed by atoms with Crippen LogP contribution in [-0.4, -0.2) is 9.97 Å². The molecule has 1 spiro atoms. The molecule has 1 aliphatic heterocycles. The summed E-state index contributed by atoms with van der Waals surface area (Å²) in [6, 6.07) is 20.3. The predicted molar refractivity (Wildman–Crippen MR) is 128 cm³/mol. The monoisotopic (exact) mass is 622 g/mol. The summed E-state index contributed by atoms with van der Waals surface area (Å²) < 4.78 is 0. The maximum absolute atomic E-state index is 4.64. The molecule has 0 amide bonds. The zero-order chi connectivity index (χ0) is 22.2. The molecule has 0 radical (unpaired) electrons. The number of para-hydroxylation sites is 2. The first kappa shape index (κ1) is 23.0. The number of benzene rings is 2. The smallest absolute Gasteiger partial charge is 0.145 e. The SMILES string of the molecule is C1=CC2(C1)C[CH-]CCC2.[Cl][Ir+2].c1ccc(N2[CH-]N(c3ccccc3)c3nccnc32)cc1. The molecular weight excluding hydrogens is 596 g/mol. The molecule has 3 aromatic rings. The van der Waals surface area contributed by atoms with Crippen molar-refractivity contribution in [2.45, 2.75) is 32.1 Å². The van der Waals surface area contributed by atoms with Gasteiger partial charge in [-0.3, -0.25) is 0 Å². The number of allylic oxidation sites excluding steroid dienone is 2. The van der Waals surface area contributed by atoms with Gasteiger partial charge in [0.2, 0.25) is 0 Å². The second-order valence-corrected chi connectivity index (χ2v) is 8.08. The minimum Gasteiger partial charge on any atom is -0.456 e. The van der Waals surface area contributed by atoms with Crippen LogP contribution in [0.15, 0.2) is 85.2 Å². The molecule has 3 aliphatic rings. The van der Waals surface area contributed by atoms with Gasteiger partial charge in [-0.1, -0.05) is 55.0 Å². The Morgan fingerprint density at radius 1 is 0.844 bits per heavy atom. The van der Waals surface area contributed by atoms with Gasteiger partial charge in [0.05, 0.1) is 0 Å². The Hall–Kier alpha value is -2.20. The Balaban J connectivity index is 0.000000185. The molecule has 2 aromatic carbocycles. The van der Waals surface area contributed by atoms with E-state index < -0.39 is 0 Å². The number of halogens is 1. The van der Waals surface area contributed by atoms with Gasteiger partial charge in [0.25, 0.3) is 0 Å². The third kappa shape index (κ3) is 5.06. The van der Waals surface area contributed by atoms with Gasteiger partial charge in [0, 0.05) is 23.8 Å². The molecule has 2 heterocycles. The average molecular weight is 622 g/mol. The standard InChI is InChI=1S/C17H13N4.C9H13.ClH.Ir/c1-3-7-14(8-4-1)20-13-21(15-9-5-2-6-10-15)17-16(20)18-11-12-19-17;1-2-5-9(6-3-1)7-4-8-9;;/h1-13H;2,4,7H,1,3,5-6,8H2;1H;/q2*-1;;+3/p-1. The summed E-state index contributed by atoms with van der Waals surface area (Å²) in [4.78, 5) is 13.1. The molecule has 2 aliphatic carbocycles. The fourth-order valence-electron chi connectivity index (χ4n) is 4.32. The Morgan fingerprint density at radius 3 is 1.75 bits per heavy atom. The summed E-state index contributed by atoms with van der Waals surface area (Å²) in [5, 5.41) is 0. The van der Waals surface area contributed by atoms with Crippen LogP contribution >= 0.6 is 9.58 Å². The van der Waals surface area contributed by atoms with E-state index in [0.29, 0.717) is 5.41 Å². The second kappa shape index (κ2) is 11.1. The van der Waals surface area contributed by atoms with Crippen LogP contribution in [-0.2, 0) is 17.9 Å². The molecule has 0 N–H and O–H groups in total. The van der Waals surface area contributed by atoms with Crippen molar-refractivity contribution in [3.8, 4) is 0 Å². The molecule has 1 aromatic heterocycles. The quantitative estimate of drug-likeness (QED) is 0.222. The van der Waals surface area contributed by atoms with E-state index >= 15 is 0 Å².